The Bertz CT molecular complexity index is 1100. The van der Waals surface area contributed by atoms with Crippen LogP contribution in [0.4, 0.5) is 13.2 Å². The number of benzene rings is 2. The molecule has 0 aliphatic carbocycles. The predicted molar refractivity (Wildman–Crippen MR) is 88.1 cm³/mol. The van der Waals surface area contributed by atoms with Gasteiger partial charge in [-0.25, -0.2) is 23.1 Å². The number of halogens is 3. The summed E-state index contributed by atoms with van der Waals surface area (Å²) in [5.41, 5.74) is 1.96. The van der Waals surface area contributed by atoms with Gasteiger partial charge < -0.3 is 0 Å². The molecule has 6 heteroatoms. The van der Waals surface area contributed by atoms with E-state index in [1.165, 1.54) is 12.5 Å². The van der Waals surface area contributed by atoms with Crippen LogP contribution in [0.3, 0.4) is 0 Å². The zero-order valence-electron chi connectivity index (χ0n) is 12.7. The van der Waals surface area contributed by atoms with Gasteiger partial charge in [-0.2, -0.15) is 0 Å². The van der Waals surface area contributed by atoms with Crippen molar-refractivity contribution >= 4 is 10.9 Å². The zero-order chi connectivity index (χ0) is 17.4. The average molecular weight is 337 g/mol. The van der Waals surface area contributed by atoms with E-state index in [0.717, 1.165) is 22.5 Å². The molecule has 4 rings (SSSR count). The lowest BCUT2D eigenvalue weighted by Crippen LogP contribution is -1.96. The Morgan fingerprint density at radius 3 is 2.60 bits per heavy atom. The molecule has 122 valence electrons. The normalized spacial score (nSPS) is 11.0. The van der Waals surface area contributed by atoms with E-state index >= 15 is 0 Å². The van der Waals surface area contributed by atoms with Crippen molar-refractivity contribution in [2.24, 2.45) is 0 Å². The van der Waals surface area contributed by atoms with Crippen molar-refractivity contribution in [3.8, 4) is 22.4 Å². The molecule has 0 bridgehead atoms. The average Bonchev–Trinajstić information content (AvgIpc) is 2.64. The zero-order valence-corrected chi connectivity index (χ0v) is 12.7. The Hall–Kier alpha value is -3.28. The Balaban J connectivity index is 1.95. The number of fused-ring (bicyclic) bond motifs is 1. The molecule has 0 N–H and O–H groups in total. The van der Waals surface area contributed by atoms with Gasteiger partial charge in [0.15, 0.2) is 11.6 Å². The van der Waals surface area contributed by atoms with Gasteiger partial charge in [-0.3, -0.25) is 4.98 Å². The summed E-state index contributed by atoms with van der Waals surface area (Å²) in [7, 11) is 0. The molecule has 0 fully saturated rings. The fourth-order valence-electron chi connectivity index (χ4n) is 2.73. The molecule has 3 nitrogen and oxygen atoms in total. The molecule has 0 atom stereocenters. The van der Waals surface area contributed by atoms with Crippen LogP contribution in [0.2, 0.25) is 0 Å². The van der Waals surface area contributed by atoms with Gasteiger partial charge in [0.2, 0.25) is 0 Å². The van der Waals surface area contributed by atoms with E-state index < -0.39 is 17.5 Å². The molecule has 2 heterocycles. The molecule has 0 aliphatic rings. The first-order chi connectivity index (χ1) is 12.1. The van der Waals surface area contributed by atoms with Gasteiger partial charge in [-0.15, -0.1) is 0 Å². The largest absolute Gasteiger partial charge is 0.255 e. The number of hydrogen-bond donors (Lipinski definition) is 0. The Morgan fingerprint density at radius 1 is 0.840 bits per heavy atom. The van der Waals surface area contributed by atoms with E-state index in [1.807, 2.05) is 6.07 Å². The van der Waals surface area contributed by atoms with Gasteiger partial charge in [0.05, 0.1) is 11.2 Å². The lowest BCUT2D eigenvalue weighted by Gasteiger charge is -2.11. The van der Waals surface area contributed by atoms with Crippen LogP contribution in [-0.2, 0) is 0 Å². The number of hydrogen-bond acceptors (Lipinski definition) is 3. The first kappa shape index (κ1) is 15.3. The molecule has 0 spiro atoms. The van der Waals surface area contributed by atoms with E-state index in [-0.39, 0.29) is 11.3 Å². The lowest BCUT2D eigenvalue weighted by molar-refractivity contribution is 0.497. The standard InChI is InChI=1S/C19H10F3N3/c20-13-7-15(18(22)16(21)8-13)19-14(2-1-5-24-19)11-3-4-17-12(6-11)9-23-10-25-17/h1-10H. The molecule has 0 radical (unpaired) electrons. The Kier molecular flexibility index (Phi) is 3.65. The summed E-state index contributed by atoms with van der Waals surface area (Å²) in [5, 5.41) is 0.792. The van der Waals surface area contributed by atoms with Crippen molar-refractivity contribution in [2.75, 3.05) is 0 Å². The summed E-state index contributed by atoms with van der Waals surface area (Å²) in [4.78, 5) is 12.3. The molecule has 0 unspecified atom stereocenters. The summed E-state index contributed by atoms with van der Waals surface area (Å²) >= 11 is 0. The Morgan fingerprint density at radius 2 is 1.72 bits per heavy atom. The smallest absolute Gasteiger partial charge is 0.168 e. The second-order valence-electron chi connectivity index (χ2n) is 5.45. The highest BCUT2D eigenvalue weighted by atomic mass is 19.2. The first-order valence-corrected chi connectivity index (χ1v) is 7.43. The quantitative estimate of drug-likeness (QED) is 0.494. The second kappa shape index (κ2) is 5.98. The predicted octanol–water partition coefficient (Wildman–Crippen LogP) is 4.78. The highest BCUT2D eigenvalue weighted by Crippen LogP contribution is 2.34. The van der Waals surface area contributed by atoms with Crippen LogP contribution in [0.25, 0.3) is 33.3 Å². The maximum Gasteiger partial charge on any atom is 0.168 e. The van der Waals surface area contributed by atoms with Crippen molar-refractivity contribution in [1.82, 2.24) is 15.0 Å². The minimum atomic E-state index is -1.25. The van der Waals surface area contributed by atoms with Crippen molar-refractivity contribution in [1.29, 1.82) is 0 Å². The molecule has 0 amide bonds. The summed E-state index contributed by atoms with van der Waals surface area (Å²) in [6.07, 6.45) is 4.55. The molecule has 0 aliphatic heterocycles. The highest BCUT2D eigenvalue weighted by Gasteiger charge is 2.17. The van der Waals surface area contributed by atoms with Gasteiger partial charge >= 0.3 is 0 Å². The van der Waals surface area contributed by atoms with Crippen LogP contribution in [-0.4, -0.2) is 15.0 Å². The van der Waals surface area contributed by atoms with Crippen molar-refractivity contribution in [3.05, 3.63) is 78.6 Å². The fraction of sp³-hybridized carbons (Fsp3) is 0. The Labute approximate surface area is 140 Å². The van der Waals surface area contributed by atoms with Gasteiger partial charge in [-0.1, -0.05) is 12.1 Å². The molecule has 25 heavy (non-hydrogen) atoms. The molecule has 0 saturated carbocycles. The third kappa shape index (κ3) is 2.71. The molecule has 4 aromatic rings. The highest BCUT2D eigenvalue weighted by molar-refractivity contribution is 5.88. The van der Waals surface area contributed by atoms with Gasteiger partial charge in [-0.05, 0) is 29.8 Å². The van der Waals surface area contributed by atoms with Crippen LogP contribution in [0.15, 0.2) is 61.2 Å². The summed E-state index contributed by atoms with van der Waals surface area (Å²) < 4.78 is 41.4. The lowest BCUT2D eigenvalue weighted by atomic mass is 9.98. The summed E-state index contributed by atoms with van der Waals surface area (Å²) in [6, 6.07) is 10.3. The number of pyridine rings is 1. The molecular formula is C19H10F3N3. The second-order valence-corrected chi connectivity index (χ2v) is 5.45. The monoisotopic (exact) mass is 337 g/mol. The minimum Gasteiger partial charge on any atom is -0.255 e. The molecule has 2 aromatic carbocycles. The van der Waals surface area contributed by atoms with Crippen LogP contribution in [0, 0.1) is 17.5 Å². The van der Waals surface area contributed by atoms with Gasteiger partial charge in [0.1, 0.15) is 12.1 Å². The van der Waals surface area contributed by atoms with Crippen LogP contribution >= 0.6 is 0 Å². The molecule has 2 aromatic heterocycles. The number of rotatable bonds is 2. The summed E-state index contributed by atoms with van der Waals surface area (Å²) in [6.45, 7) is 0. The third-order valence-electron chi connectivity index (χ3n) is 3.87. The summed E-state index contributed by atoms with van der Waals surface area (Å²) in [5.74, 6) is -3.25. The van der Waals surface area contributed by atoms with Crippen molar-refractivity contribution < 1.29 is 13.2 Å². The van der Waals surface area contributed by atoms with Crippen LogP contribution < -0.4 is 0 Å². The van der Waals surface area contributed by atoms with Gasteiger partial charge in [0, 0.05) is 35.0 Å². The van der Waals surface area contributed by atoms with Crippen LogP contribution in [0.5, 0.6) is 0 Å². The third-order valence-corrected chi connectivity index (χ3v) is 3.87. The maximum atomic E-state index is 14.2. The van der Waals surface area contributed by atoms with Crippen LogP contribution in [0.1, 0.15) is 0 Å². The van der Waals surface area contributed by atoms with E-state index in [0.29, 0.717) is 11.6 Å². The van der Waals surface area contributed by atoms with Crippen molar-refractivity contribution in [2.45, 2.75) is 0 Å². The molecular weight excluding hydrogens is 327 g/mol. The van der Waals surface area contributed by atoms with E-state index in [2.05, 4.69) is 15.0 Å². The number of nitrogens with zero attached hydrogens (tertiary/aromatic N) is 3. The van der Waals surface area contributed by atoms with Gasteiger partial charge in [0.25, 0.3) is 0 Å². The van der Waals surface area contributed by atoms with Crippen molar-refractivity contribution in [3.63, 3.8) is 0 Å². The molecule has 0 saturated heterocycles. The first-order valence-electron chi connectivity index (χ1n) is 7.43. The van der Waals surface area contributed by atoms with E-state index in [4.69, 9.17) is 0 Å². The fourth-order valence-corrected chi connectivity index (χ4v) is 2.73. The topological polar surface area (TPSA) is 38.7 Å². The SMILES string of the molecule is Fc1cc(F)c(F)c(-c2ncccc2-c2ccc3ncncc3c2)c1. The van der Waals surface area contributed by atoms with E-state index in [9.17, 15) is 13.2 Å². The van der Waals surface area contributed by atoms with E-state index in [1.54, 1.807) is 30.5 Å². The number of aromatic nitrogens is 3. The minimum absolute atomic E-state index is 0.162. The maximum absolute atomic E-state index is 14.2.